The number of hydrogen-bond donors (Lipinski definition) is 0. The van der Waals surface area contributed by atoms with Crippen LogP contribution in [0.15, 0.2) is 127 Å². The molecule has 2 aliphatic carbocycles. The standard InChI is InChI=1S/C40H23Cl3F3NO3/c41-26-15-11-24(12-16-26)38-31(22-7-3-1-4-8-22)32(23-9-5-2-6-10-23)39(37(38)50,25-13-17-27(42)18-14-25)34-33(38)35(48)47(36(34)49)28-19-20-30(43)29(21-28)40(44,45)46/h1-21,33-34H/t33-,34-,38-,39+/m1/s1. The quantitative estimate of drug-likeness (QED) is 0.169. The van der Waals surface area contributed by atoms with Gasteiger partial charge in [-0.15, -0.1) is 0 Å². The van der Waals surface area contributed by atoms with E-state index in [1.807, 2.05) is 60.7 Å². The maximum atomic E-state index is 15.9. The minimum Gasteiger partial charge on any atom is -0.297 e. The van der Waals surface area contributed by atoms with Crippen molar-refractivity contribution in [1.29, 1.82) is 0 Å². The Balaban J connectivity index is 1.52. The molecule has 0 radical (unpaired) electrons. The molecule has 1 heterocycles. The van der Waals surface area contributed by atoms with E-state index in [0.717, 1.165) is 11.0 Å². The number of carbonyl (C=O) groups excluding carboxylic acids is 3. The van der Waals surface area contributed by atoms with E-state index in [4.69, 9.17) is 34.8 Å². The van der Waals surface area contributed by atoms with Crippen molar-refractivity contribution in [2.24, 2.45) is 11.8 Å². The smallest absolute Gasteiger partial charge is 0.297 e. The molecule has 0 spiro atoms. The Kier molecular flexibility index (Phi) is 7.43. The summed E-state index contributed by atoms with van der Waals surface area (Å²) in [6, 6.07) is 34.5. The summed E-state index contributed by atoms with van der Waals surface area (Å²) >= 11 is 18.7. The van der Waals surface area contributed by atoms with Crippen LogP contribution < -0.4 is 4.90 Å². The largest absolute Gasteiger partial charge is 0.417 e. The van der Waals surface area contributed by atoms with Crippen molar-refractivity contribution in [3.8, 4) is 0 Å². The third-order valence-corrected chi connectivity index (χ3v) is 11.1. The highest BCUT2D eigenvalue weighted by Crippen LogP contribution is 2.74. The molecule has 1 saturated carbocycles. The molecule has 0 N–H and O–H groups in total. The molecular weight excluding hydrogens is 706 g/mol. The van der Waals surface area contributed by atoms with Gasteiger partial charge >= 0.3 is 6.18 Å². The molecule has 8 rings (SSSR count). The summed E-state index contributed by atoms with van der Waals surface area (Å²) in [6.07, 6.45) is -4.86. The average molecular weight is 729 g/mol. The van der Waals surface area contributed by atoms with E-state index < -0.39 is 57.0 Å². The summed E-state index contributed by atoms with van der Waals surface area (Å²) in [7, 11) is 0. The van der Waals surface area contributed by atoms with Gasteiger partial charge in [0.1, 0.15) is 0 Å². The molecule has 1 saturated heterocycles. The Hall–Kier alpha value is -4.69. The Morgan fingerprint density at radius 3 is 1.38 bits per heavy atom. The van der Waals surface area contributed by atoms with E-state index in [0.29, 0.717) is 49.5 Å². The third-order valence-electron chi connectivity index (χ3n) is 10.2. The monoisotopic (exact) mass is 727 g/mol. The van der Waals surface area contributed by atoms with Crippen LogP contribution in [0.5, 0.6) is 0 Å². The van der Waals surface area contributed by atoms with Crippen LogP contribution in [0.3, 0.4) is 0 Å². The van der Waals surface area contributed by atoms with Crippen LogP contribution in [-0.2, 0) is 31.4 Å². The molecule has 4 atom stereocenters. The fraction of sp³-hybridized carbons (Fsp3) is 0.125. The SMILES string of the molecule is O=C1[C@H]2[C@H](C(=O)N1c1ccc(Cl)c(C(F)(F)F)c1)[C@]1(c3ccc(Cl)cc3)C(=O)[C@@]2(c2ccc(Cl)cc2)C(c2ccccc2)=C1c1ccccc1. The van der Waals surface area contributed by atoms with Crippen LogP contribution in [0.25, 0.3) is 11.1 Å². The number of hydrogen-bond acceptors (Lipinski definition) is 3. The van der Waals surface area contributed by atoms with Gasteiger partial charge < -0.3 is 0 Å². The van der Waals surface area contributed by atoms with Crippen LogP contribution in [0.4, 0.5) is 18.9 Å². The van der Waals surface area contributed by atoms with Crippen molar-refractivity contribution in [2.75, 3.05) is 4.90 Å². The lowest BCUT2D eigenvalue weighted by Crippen LogP contribution is -2.45. The molecule has 10 heteroatoms. The van der Waals surface area contributed by atoms with Gasteiger partial charge in [-0.1, -0.05) is 120 Å². The first kappa shape index (κ1) is 32.5. The predicted molar refractivity (Wildman–Crippen MR) is 187 cm³/mol. The van der Waals surface area contributed by atoms with Crippen molar-refractivity contribution >= 4 is 69.2 Å². The van der Waals surface area contributed by atoms with Crippen molar-refractivity contribution in [3.63, 3.8) is 0 Å². The number of anilines is 1. The maximum absolute atomic E-state index is 15.9. The fourth-order valence-corrected chi connectivity index (χ4v) is 8.96. The average Bonchev–Trinajstić information content (AvgIpc) is 3.61. The van der Waals surface area contributed by atoms with Crippen LogP contribution >= 0.6 is 34.8 Å². The molecule has 2 amide bonds. The van der Waals surface area contributed by atoms with Gasteiger partial charge in [0, 0.05) is 10.0 Å². The molecule has 3 aliphatic rings. The van der Waals surface area contributed by atoms with Gasteiger partial charge in [0.05, 0.1) is 38.9 Å². The molecule has 50 heavy (non-hydrogen) atoms. The number of rotatable bonds is 5. The van der Waals surface area contributed by atoms with Crippen LogP contribution in [0, 0.1) is 11.8 Å². The lowest BCUT2D eigenvalue weighted by molar-refractivity contribution is -0.137. The van der Waals surface area contributed by atoms with Crippen molar-refractivity contribution in [1.82, 2.24) is 0 Å². The van der Waals surface area contributed by atoms with Gasteiger partial charge in [-0.05, 0) is 75.9 Å². The zero-order valence-corrected chi connectivity index (χ0v) is 28.0. The molecule has 0 unspecified atom stereocenters. The number of Topliss-reactive ketones (excluding diaryl/α,β-unsaturated/α-hetero) is 1. The Morgan fingerprint density at radius 1 is 0.560 bits per heavy atom. The molecule has 0 aromatic heterocycles. The highest BCUT2D eigenvalue weighted by Gasteiger charge is 2.82. The van der Waals surface area contributed by atoms with E-state index >= 15 is 14.4 Å². The molecule has 248 valence electrons. The van der Waals surface area contributed by atoms with E-state index in [1.165, 1.54) is 6.07 Å². The van der Waals surface area contributed by atoms with Crippen molar-refractivity contribution in [3.05, 3.63) is 170 Å². The topological polar surface area (TPSA) is 54.5 Å². The molecule has 2 fully saturated rings. The van der Waals surface area contributed by atoms with Crippen molar-refractivity contribution < 1.29 is 27.6 Å². The number of amides is 2. The number of fused-ring (bicyclic) bond motifs is 5. The summed E-state index contributed by atoms with van der Waals surface area (Å²) in [5, 5.41) is 0.198. The third kappa shape index (κ3) is 4.30. The number of imide groups is 1. The second-order valence-corrected chi connectivity index (χ2v) is 13.9. The minimum atomic E-state index is -4.86. The zero-order valence-electron chi connectivity index (χ0n) is 25.7. The van der Waals surface area contributed by atoms with E-state index in [-0.39, 0.29) is 5.69 Å². The van der Waals surface area contributed by atoms with Crippen molar-refractivity contribution in [2.45, 2.75) is 17.0 Å². The summed E-state index contributed by atoms with van der Waals surface area (Å²) in [6.45, 7) is 0. The molecule has 5 aromatic carbocycles. The Labute approximate surface area is 299 Å². The van der Waals surface area contributed by atoms with Crippen LogP contribution in [0.1, 0.15) is 27.8 Å². The summed E-state index contributed by atoms with van der Waals surface area (Å²) < 4.78 is 42.3. The molecule has 5 aromatic rings. The first-order chi connectivity index (χ1) is 23.9. The molecule has 2 bridgehead atoms. The van der Waals surface area contributed by atoms with E-state index in [1.54, 1.807) is 48.5 Å². The predicted octanol–water partition coefficient (Wildman–Crippen LogP) is 9.85. The fourth-order valence-electron chi connectivity index (χ4n) is 8.48. The Bertz CT molecular complexity index is 2130. The second-order valence-electron chi connectivity index (χ2n) is 12.6. The lowest BCUT2D eigenvalue weighted by Gasteiger charge is -2.39. The summed E-state index contributed by atoms with van der Waals surface area (Å²) in [4.78, 5) is 46.8. The number of carbonyl (C=O) groups is 3. The number of alkyl halides is 3. The zero-order chi connectivity index (χ0) is 35.2. The van der Waals surface area contributed by atoms with Crippen LogP contribution in [-0.4, -0.2) is 17.6 Å². The first-order valence-electron chi connectivity index (χ1n) is 15.6. The second kappa shape index (κ2) is 11.4. The van der Waals surface area contributed by atoms with Gasteiger partial charge in [0.25, 0.3) is 0 Å². The highest BCUT2D eigenvalue weighted by atomic mass is 35.5. The number of benzene rings is 5. The van der Waals surface area contributed by atoms with Gasteiger partial charge in [-0.25, -0.2) is 4.90 Å². The van der Waals surface area contributed by atoms with Gasteiger partial charge in [-0.3, -0.25) is 14.4 Å². The van der Waals surface area contributed by atoms with Gasteiger partial charge in [0.2, 0.25) is 11.8 Å². The Morgan fingerprint density at radius 2 is 0.980 bits per heavy atom. The highest BCUT2D eigenvalue weighted by molar-refractivity contribution is 6.39. The lowest BCUT2D eigenvalue weighted by atomic mass is 9.59. The minimum absolute atomic E-state index is 0.294. The normalized spacial score (nSPS) is 24.4. The van der Waals surface area contributed by atoms with E-state index in [9.17, 15) is 13.2 Å². The van der Waals surface area contributed by atoms with E-state index in [2.05, 4.69) is 0 Å². The summed E-state index contributed by atoms with van der Waals surface area (Å²) in [5.41, 5.74) is -1.80. The maximum Gasteiger partial charge on any atom is 0.417 e. The number of allylic oxidation sites excluding steroid dienone is 2. The molecule has 1 aliphatic heterocycles. The molecule has 4 nitrogen and oxygen atoms in total. The number of ketones is 1. The van der Waals surface area contributed by atoms with Gasteiger partial charge in [0.15, 0.2) is 5.78 Å². The summed E-state index contributed by atoms with van der Waals surface area (Å²) in [5.74, 6) is -4.67. The number of halogens is 6. The molecular formula is C40H23Cl3F3NO3. The number of nitrogens with zero attached hydrogens (tertiary/aromatic N) is 1. The first-order valence-corrected chi connectivity index (χ1v) is 16.7. The van der Waals surface area contributed by atoms with Crippen LogP contribution in [0.2, 0.25) is 15.1 Å². The van der Waals surface area contributed by atoms with Gasteiger partial charge in [-0.2, -0.15) is 13.2 Å².